The molecule has 0 radical (unpaired) electrons. The van der Waals surface area contributed by atoms with Gasteiger partial charge in [-0.1, -0.05) is 59.8 Å². The predicted octanol–water partition coefficient (Wildman–Crippen LogP) is 2.62. The van der Waals surface area contributed by atoms with E-state index in [-0.39, 0.29) is 29.2 Å². The predicted molar refractivity (Wildman–Crippen MR) is 119 cm³/mol. The largest absolute Gasteiger partial charge is 0.334 e. The van der Waals surface area contributed by atoms with E-state index in [9.17, 15) is 13.2 Å². The molecule has 1 aliphatic rings. The van der Waals surface area contributed by atoms with Gasteiger partial charge in [-0.25, -0.2) is 8.42 Å². The van der Waals surface area contributed by atoms with Crippen LogP contribution in [0.25, 0.3) is 5.69 Å². The zero-order valence-corrected chi connectivity index (χ0v) is 18.9. The SMILES string of the molecule is O=C(CSc1nnnn1-c1cccc(Cl)c1)N(Cc1ccccc1)[C@@H]1CCS(=O)(=O)C1. The molecule has 1 aromatic heterocycles. The Labute approximate surface area is 189 Å². The molecule has 1 amide bonds. The molecule has 1 aliphatic heterocycles. The lowest BCUT2D eigenvalue weighted by Gasteiger charge is -2.28. The Bertz CT molecular complexity index is 1170. The molecule has 0 bridgehead atoms. The number of rotatable bonds is 7. The van der Waals surface area contributed by atoms with Gasteiger partial charge in [-0.05, 0) is 40.6 Å². The van der Waals surface area contributed by atoms with Crippen molar-refractivity contribution in [2.24, 2.45) is 0 Å². The molecule has 31 heavy (non-hydrogen) atoms. The van der Waals surface area contributed by atoms with Crippen molar-refractivity contribution >= 4 is 39.1 Å². The first-order chi connectivity index (χ1) is 14.9. The van der Waals surface area contributed by atoms with Gasteiger partial charge in [0.1, 0.15) is 0 Å². The number of carbonyl (C=O) groups excluding carboxylic acids is 1. The van der Waals surface area contributed by atoms with E-state index in [1.165, 1.54) is 16.4 Å². The molecule has 4 rings (SSSR count). The Morgan fingerprint density at radius 3 is 2.71 bits per heavy atom. The average molecular weight is 478 g/mol. The summed E-state index contributed by atoms with van der Waals surface area (Å²) in [6, 6.07) is 16.3. The van der Waals surface area contributed by atoms with Crippen molar-refractivity contribution in [1.82, 2.24) is 25.1 Å². The molecule has 0 spiro atoms. The van der Waals surface area contributed by atoms with Crippen LogP contribution in [0.15, 0.2) is 59.8 Å². The van der Waals surface area contributed by atoms with E-state index in [4.69, 9.17) is 11.6 Å². The Kier molecular flexibility index (Phi) is 6.59. The van der Waals surface area contributed by atoms with E-state index >= 15 is 0 Å². The third-order valence-corrected chi connectivity index (χ3v) is 7.87. The summed E-state index contributed by atoms with van der Waals surface area (Å²) >= 11 is 7.26. The second-order valence-electron chi connectivity index (χ2n) is 7.21. The molecule has 2 heterocycles. The average Bonchev–Trinajstić information content (AvgIpc) is 3.37. The molecule has 1 atom stereocenters. The van der Waals surface area contributed by atoms with Crippen LogP contribution >= 0.6 is 23.4 Å². The zero-order valence-electron chi connectivity index (χ0n) is 16.5. The van der Waals surface area contributed by atoms with E-state index in [0.717, 1.165) is 5.56 Å². The lowest BCUT2D eigenvalue weighted by atomic mass is 10.1. The molecule has 1 saturated heterocycles. The summed E-state index contributed by atoms with van der Waals surface area (Å²) in [4.78, 5) is 14.8. The maximum absolute atomic E-state index is 13.2. The van der Waals surface area contributed by atoms with Crippen LogP contribution in [-0.4, -0.2) is 62.7 Å². The van der Waals surface area contributed by atoms with Crippen LogP contribution in [-0.2, 0) is 21.2 Å². The third kappa shape index (κ3) is 5.44. The number of benzene rings is 2. The highest BCUT2D eigenvalue weighted by molar-refractivity contribution is 7.99. The van der Waals surface area contributed by atoms with E-state index in [1.54, 1.807) is 23.1 Å². The summed E-state index contributed by atoms with van der Waals surface area (Å²) in [5.74, 6) is 0.0357. The number of thioether (sulfide) groups is 1. The first kappa shape index (κ1) is 21.8. The highest BCUT2D eigenvalue weighted by Crippen LogP contribution is 2.24. The number of hydrogen-bond acceptors (Lipinski definition) is 7. The minimum absolute atomic E-state index is 0.00348. The zero-order chi connectivity index (χ0) is 21.8. The lowest BCUT2D eigenvalue weighted by Crippen LogP contribution is -2.41. The summed E-state index contributed by atoms with van der Waals surface area (Å²) in [5.41, 5.74) is 1.64. The first-order valence-corrected chi connectivity index (χ1v) is 12.8. The molecular formula is C20H20ClN5O3S2. The van der Waals surface area contributed by atoms with Gasteiger partial charge in [0, 0.05) is 17.6 Å². The quantitative estimate of drug-likeness (QED) is 0.482. The lowest BCUT2D eigenvalue weighted by molar-refractivity contribution is -0.130. The minimum Gasteiger partial charge on any atom is -0.334 e. The second-order valence-corrected chi connectivity index (χ2v) is 10.8. The molecule has 1 fully saturated rings. The summed E-state index contributed by atoms with van der Waals surface area (Å²) in [6.07, 6.45) is 0.450. The highest BCUT2D eigenvalue weighted by atomic mass is 35.5. The van der Waals surface area contributed by atoms with E-state index < -0.39 is 9.84 Å². The smallest absolute Gasteiger partial charge is 0.233 e. The Balaban J connectivity index is 1.50. The molecule has 162 valence electrons. The Morgan fingerprint density at radius 1 is 1.19 bits per heavy atom. The van der Waals surface area contributed by atoms with Gasteiger partial charge in [0.15, 0.2) is 9.84 Å². The van der Waals surface area contributed by atoms with Gasteiger partial charge in [0.2, 0.25) is 11.1 Å². The molecule has 0 saturated carbocycles. The van der Waals surface area contributed by atoms with Gasteiger partial charge < -0.3 is 4.90 Å². The van der Waals surface area contributed by atoms with E-state index in [1.807, 2.05) is 36.4 Å². The van der Waals surface area contributed by atoms with E-state index in [0.29, 0.717) is 28.8 Å². The molecule has 0 aliphatic carbocycles. The second kappa shape index (κ2) is 9.37. The Morgan fingerprint density at radius 2 is 2.00 bits per heavy atom. The first-order valence-electron chi connectivity index (χ1n) is 9.62. The van der Waals surface area contributed by atoms with Crippen molar-refractivity contribution in [3.05, 3.63) is 65.2 Å². The van der Waals surface area contributed by atoms with Crippen LogP contribution < -0.4 is 0 Å². The standard InChI is InChI=1S/C20H20ClN5O3S2/c21-16-7-4-8-17(11-16)26-20(22-23-24-26)30-13-19(27)25(12-15-5-2-1-3-6-15)18-9-10-31(28,29)14-18/h1-8,11,18H,9-10,12-14H2/t18-/m1/s1. The van der Waals surface area contributed by atoms with Crippen molar-refractivity contribution in [1.29, 1.82) is 0 Å². The van der Waals surface area contributed by atoms with Crippen molar-refractivity contribution < 1.29 is 13.2 Å². The number of nitrogens with zero attached hydrogens (tertiary/aromatic N) is 5. The van der Waals surface area contributed by atoms with Gasteiger partial charge in [0.25, 0.3) is 0 Å². The summed E-state index contributed by atoms with van der Waals surface area (Å²) in [5, 5.41) is 12.7. The number of aromatic nitrogens is 4. The van der Waals surface area contributed by atoms with Crippen molar-refractivity contribution in [3.63, 3.8) is 0 Å². The van der Waals surface area contributed by atoms with Crippen LogP contribution in [0.2, 0.25) is 5.02 Å². The molecule has 0 N–H and O–H groups in total. The van der Waals surface area contributed by atoms with Crippen molar-refractivity contribution in [3.8, 4) is 5.69 Å². The number of sulfone groups is 1. The maximum atomic E-state index is 13.2. The highest BCUT2D eigenvalue weighted by Gasteiger charge is 2.34. The van der Waals surface area contributed by atoms with Crippen molar-refractivity contribution in [2.45, 2.75) is 24.2 Å². The maximum Gasteiger partial charge on any atom is 0.233 e. The van der Waals surface area contributed by atoms with Crippen LogP contribution in [0.4, 0.5) is 0 Å². The van der Waals surface area contributed by atoms with Crippen LogP contribution in [0.1, 0.15) is 12.0 Å². The van der Waals surface area contributed by atoms with E-state index in [2.05, 4.69) is 15.5 Å². The van der Waals surface area contributed by atoms with Crippen molar-refractivity contribution in [2.75, 3.05) is 17.3 Å². The fourth-order valence-corrected chi connectivity index (χ4v) is 6.16. The molecular weight excluding hydrogens is 458 g/mol. The Hall–Kier alpha value is -2.43. The summed E-state index contributed by atoms with van der Waals surface area (Å²) in [7, 11) is -3.12. The minimum atomic E-state index is -3.12. The van der Waals surface area contributed by atoms with Crippen LogP contribution in [0.5, 0.6) is 0 Å². The topological polar surface area (TPSA) is 98.1 Å². The molecule has 0 unspecified atom stereocenters. The monoisotopic (exact) mass is 477 g/mol. The number of hydrogen-bond donors (Lipinski definition) is 0. The van der Waals surface area contributed by atoms with Crippen LogP contribution in [0, 0.1) is 0 Å². The normalized spacial score (nSPS) is 17.5. The molecule has 3 aromatic rings. The fourth-order valence-electron chi connectivity index (χ4n) is 3.47. The van der Waals surface area contributed by atoms with Gasteiger partial charge >= 0.3 is 0 Å². The van der Waals surface area contributed by atoms with Gasteiger partial charge in [-0.2, -0.15) is 4.68 Å². The molecule has 8 nitrogen and oxygen atoms in total. The number of halogens is 1. The van der Waals surface area contributed by atoms with Crippen LogP contribution in [0.3, 0.4) is 0 Å². The summed E-state index contributed by atoms with van der Waals surface area (Å²) in [6.45, 7) is 0.361. The fraction of sp³-hybridized carbons (Fsp3) is 0.300. The van der Waals surface area contributed by atoms with Gasteiger partial charge in [-0.15, -0.1) is 5.10 Å². The summed E-state index contributed by atoms with van der Waals surface area (Å²) < 4.78 is 25.5. The molecule has 2 aromatic carbocycles. The van der Waals surface area contributed by atoms with Gasteiger partial charge in [-0.3, -0.25) is 4.79 Å². The number of tetrazole rings is 1. The number of carbonyl (C=O) groups is 1. The third-order valence-electron chi connectivity index (χ3n) is 4.98. The molecule has 11 heteroatoms. The van der Waals surface area contributed by atoms with Gasteiger partial charge in [0.05, 0.1) is 22.9 Å². The number of amides is 1.